The zero-order valence-corrected chi connectivity index (χ0v) is 15.8. The van der Waals surface area contributed by atoms with E-state index >= 15 is 0 Å². The Morgan fingerprint density at radius 3 is 2.50 bits per heavy atom. The number of sulfonamides is 1. The van der Waals surface area contributed by atoms with E-state index in [1.165, 1.54) is 5.69 Å². The molecule has 24 heavy (non-hydrogen) atoms. The van der Waals surface area contributed by atoms with Crippen molar-refractivity contribution in [3.63, 3.8) is 0 Å². The summed E-state index contributed by atoms with van der Waals surface area (Å²) in [5.74, 6) is 0.423. The zero-order chi connectivity index (χ0) is 17.5. The van der Waals surface area contributed by atoms with E-state index < -0.39 is 14.8 Å². The normalized spacial score (nSPS) is 22.8. The summed E-state index contributed by atoms with van der Waals surface area (Å²) in [6.07, 6.45) is 5.39. The Bertz CT molecular complexity index is 831. The van der Waals surface area contributed by atoms with Crippen LogP contribution in [0.4, 0.5) is 0 Å². The first-order valence-electron chi connectivity index (χ1n) is 8.32. The van der Waals surface area contributed by atoms with Gasteiger partial charge in [-0.05, 0) is 64.5 Å². The number of halogens is 1. The van der Waals surface area contributed by atoms with Crippen LogP contribution in [0.5, 0.6) is 0 Å². The minimum absolute atomic E-state index is 0.0333. The van der Waals surface area contributed by atoms with E-state index in [0.717, 1.165) is 36.6 Å². The summed E-state index contributed by atoms with van der Waals surface area (Å²) in [4.78, 5) is 7.52. The van der Waals surface area contributed by atoms with Gasteiger partial charge in [-0.25, -0.2) is 18.1 Å². The molecule has 5 nitrogen and oxygen atoms in total. The van der Waals surface area contributed by atoms with Crippen LogP contribution >= 0.6 is 11.6 Å². The largest absolute Gasteiger partial charge is 0.357 e. The van der Waals surface area contributed by atoms with Gasteiger partial charge in [-0.1, -0.05) is 11.6 Å². The van der Waals surface area contributed by atoms with E-state index in [2.05, 4.69) is 20.8 Å². The van der Waals surface area contributed by atoms with E-state index in [-0.39, 0.29) is 6.04 Å². The molecule has 0 unspecified atom stereocenters. The van der Waals surface area contributed by atoms with Crippen LogP contribution in [-0.4, -0.2) is 29.2 Å². The molecule has 0 saturated heterocycles. The van der Waals surface area contributed by atoms with Gasteiger partial charge in [-0.15, -0.1) is 0 Å². The van der Waals surface area contributed by atoms with Gasteiger partial charge in [0.2, 0.25) is 10.0 Å². The molecule has 1 aliphatic carbocycles. The van der Waals surface area contributed by atoms with Gasteiger partial charge in [-0.3, -0.25) is 0 Å². The van der Waals surface area contributed by atoms with Gasteiger partial charge in [0, 0.05) is 17.1 Å². The van der Waals surface area contributed by atoms with Crippen molar-refractivity contribution >= 4 is 32.5 Å². The summed E-state index contributed by atoms with van der Waals surface area (Å²) in [5.41, 5.74) is 2.18. The van der Waals surface area contributed by atoms with Crippen LogP contribution in [-0.2, 0) is 10.0 Å². The number of fused-ring (bicyclic) bond motifs is 1. The third-order valence-electron chi connectivity index (χ3n) is 4.79. The van der Waals surface area contributed by atoms with Crippen LogP contribution in [0, 0.1) is 0 Å². The van der Waals surface area contributed by atoms with Crippen molar-refractivity contribution in [3.8, 4) is 0 Å². The molecule has 0 aliphatic heterocycles. The molecule has 2 heterocycles. The number of pyridine rings is 1. The first-order chi connectivity index (χ1) is 11.2. The topological polar surface area (TPSA) is 74.8 Å². The molecule has 3 rings (SSSR count). The second-order valence-corrected chi connectivity index (χ2v) is 10.5. The van der Waals surface area contributed by atoms with Crippen molar-refractivity contribution in [2.24, 2.45) is 0 Å². The predicted molar refractivity (Wildman–Crippen MR) is 97.9 cm³/mol. The first-order valence-corrected chi connectivity index (χ1v) is 10.2. The van der Waals surface area contributed by atoms with Gasteiger partial charge in [0.25, 0.3) is 0 Å². The van der Waals surface area contributed by atoms with Crippen molar-refractivity contribution in [1.82, 2.24) is 14.7 Å². The number of nitrogens with one attached hydrogen (secondary N) is 2. The molecule has 0 aromatic carbocycles. The van der Waals surface area contributed by atoms with Gasteiger partial charge in [0.05, 0.1) is 16.5 Å². The lowest BCUT2D eigenvalue weighted by Crippen LogP contribution is -2.45. The minimum Gasteiger partial charge on any atom is -0.357 e. The van der Waals surface area contributed by atoms with Gasteiger partial charge in [0.1, 0.15) is 5.15 Å². The van der Waals surface area contributed by atoms with Crippen LogP contribution in [0.1, 0.15) is 58.1 Å². The van der Waals surface area contributed by atoms with Crippen molar-refractivity contribution in [2.45, 2.75) is 63.2 Å². The SMILES string of the molecule is CC(C)(C)S(=O)(=O)N[C@H]1CC[C@H](c2cc3cc(Cl)ncc3[nH]2)CC1. The molecule has 0 spiro atoms. The fourth-order valence-electron chi connectivity index (χ4n) is 3.17. The third kappa shape index (κ3) is 3.60. The van der Waals surface area contributed by atoms with Crippen LogP contribution < -0.4 is 4.72 Å². The smallest absolute Gasteiger partial charge is 0.216 e. The predicted octanol–water partition coefficient (Wildman–Crippen LogP) is 3.96. The molecule has 2 N–H and O–H groups in total. The molecule has 0 atom stereocenters. The Kier molecular flexibility index (Phi) is 4.66. The molecule has 132 valence electrons. The Labute approximate surface area is 148 Å². The van der Waals surface area contributed by atoms with Gasteiger partial charge in [0.15, 0.2) is 0 Å². The van der Waals surface area contributed by atoms with Crippen molar-refractivity contribution in [1.29, 1.82) is 0 Å². The minimum atomic E-state index is -3.29. The molecule has 1 saturated carbocycles. The number of rotatable bonds is 3. The molecule has 0 amide bonds. The number of hydrogen-bond acceptors (Lipinski definition) is 3. The summed E-state index contributed by atoms with van der Waals surface area (Å²) in [5, 5.41) is 1.56. The van der Waals surface area contributed by atoms with Gasteiger partial charge >= 0.3 is 0 Å². The van der Waals surface area contributed by atoms with Crippen LogP contribution in [0.15, 0.2) is 18.3 Å². The maximum atomic E-state index is 12.3. The zero-order valence-electron chi connectivity index (χ0n) is 14.3. The highest BCUT2D eigenvalue weighted by atomic mass is 35.5. The fourth-order valence-corrected chi connectivity index (χ4v) is 4.36. The highest BCUT2D eigenvalue weighted by molar-refractivity contribution is 7.90. The molecule has 1 fully saturated rings. The summed E-state index contributed by atoms with van der Waals surface area (Å²) in [7, 11) is -3.29. The Morgan fingerprint density at radius 1 is 1.21 bits per heavy atom. The maximum absolute atomic E-state index is 12.3. The average Bonchev–Trinajstić information content (AvgIpc) is 2.89. The third-order valence-corrected chi connectivity index (χ3v) is 7.25. The molecule has 1 aliphatic rings. The highest BCUT2D eigenvalue weighted by Crippen LogP contribution is 2.34. The lowest BCUT2D eigenvalue weighted by Gasteiger charge is -2.31. The highest BCUT2D eigenvalue weighted by Gasteiger charge is 2.33. The summed E-state index contributed by atoms with van der Waals surface area (Å²) in [6, 6.07) is 4.03. The van der Waals surface area contributed by atoms with Crippen molar-refractivity contribution in [2.75, 3.05) is 0 Å². The Balaban J connectivity index is 1.66. The summed E-state index contributed by atoms with van der Waals surface area (Å²) < 4.78 is 26.7. The Hall–Kier alpha value is -1.11. The molecular weight excluding hydrogens is 346 g/mol. The van der Waals surface area contributed by atoms with Crippen molar-refractivity contribution in [3.05, 3.63) is 29.2 Å². The van der Waals surface area contributed by atoms with E-state index in [4.69, 9.17) is 11.6 Å². The van der Waals surface area contributed by atoms with E-state index in [1.54, 1.807) is 27.0 Å². The van der Waals surface area contributed by atoms with Crippen LogP contribution in [0.3, 0.4) is 0 Å². The standard InChI is InChI=1S/C17H24ClN3O2S/c1-17(2,3)24(22,23)21-13-6-4-11(5-7-13)14-8-12-9-16(18)19-10-15(12)20-14/h8-11,13,20-21H,4-7H2,1-3H3/t11-,13-. The number of aromatic amines is 1. The second kappa shape index (κ2) is 6.32. The number of aromatic nitrogens is 2. The monoisotopic (exact) mass is 369 g/mol. The molecule has 0 bridgehead atoms. The first kappa shape index (κ1) is 17.7. The molecule has 2 aromatic rings. The number of H-pyrrole nitrogens is 1. The average molecular weight is 370 g/mol. The molecule has 7 heteroatoms. The van der Waals surface area contributed by atoms with E-state index in [1.807, 2.05) is 6.07 Å². The molecule has 0 radical (unpaired) electrons. The van der Waals surface area contributed by atoms with E-state index in [0.29, 0.717) is 11.1 Å². The van der Waals surface area contributed by atoms with E-state index in [9.17, 15) is 8.42 Å². The van der Waals surface area contributed by atoms with Gasteiger partial charge in [-0.2, -0.15) is 0 Å². The quantitative estimate of drug-likeness (QED) is 0.804. The summed E-state index contributed by atoms with van der Waals surface area (Å²) in [6.45, 7) is 5.18. The fraction of sp³-hybridized carbons (Fsp3) is 0.588. The molecule has 2 aromatic heterocycles. The molecular formula is C17H24ClN3O2S. The lowest BCUT2D eigenvalue weighted by molar-refractivity contribution is 0.368. The maximum Gasteiger partial charge on any atom is 0.216 e. The van der Waals surface area contributed by atoms with Crippen molar-refractivity contribution < 1.29 is 8.42 Å². The summed E-state index contributed by atoms with van der Waals surface area (Å²) >= 11 is 5.94. The number of hydrogen-bond donors (Lipinski definition) is 2. The van der Waals surface area contributed by atoms with Gasteiger partial charge < -0.3 is 4.98 Å². The lowest BCUT2D eigenvalue weighted by atomic mass is 9.84. The number of nitrogens with zero attached hydrogens (tertiary/aromatic N) is 1. The van der Waals surface area contributed by atoms with Crippen LogP contribution in [0.25, 0.3) is 10.9 Å². The second-order valence-electron chi connectivity index (χ2n) is 7.60. The Morgan fingerprint density at radius 2 is 1.88 bits per heavy atom. The van der Waals surface area contributed by atoms with Crippen LogP contribution in [0.2, 0.25) is 5.15 Å².